The first-order chi connectivity index (χ1) is 10.5. The van der Waals surface area contributed by atoms with Crippen molar-refractivity contribution in [3.05, 3.63) is 23.0 Å². The molecule has 4 rings (SSSR count). The summed E-state index contributed by atoms with van der Waals surface area (Å²) < 4.78 is 8.37. The fourth-order valence-corrected chi connectivity index (χ4v) is 3.97. The Kier molecular flexibility index (Phi) is 4.39. The lowest BCUT2D eigenvalue weighted by atomic mass is 10.1. The van der Waals surface area contributed by atoms with E-state index in [-0.39, 0.29) is 0 Å². The van der Waals surface area contributed by atoms with Crippen LogP contribution in [0.25, 0.3) is 0 Å². The quantitative estimate of drug-likeness (QED) is 0.583. The summed E-state index contributed by atoms with van der Waals surface area (Å²) in [4.78, 5) is 15.4. The maximum atomic E-state index is 12.9. The van der Waals surface area contributed by atoms with Crippen molar-refractivity contribution in [2.24, 2.45) is 0 Å². The molecular weight excluding hydrogens is 278 g/mol. The molecule has 2 bridgehead atoms. The second-order valence-corrected chi connectivity index (χ2v) is 6.86. The van der Waals surface area contributed by atoms with Gasteiger partial charge in [0.25, 0.3) is 0 Å². The van der Waals surface area contributed by atoms with E-state index in [1.54, 1.807) is 7.11 Å². The number of ether oxygens (including phenoxy) is 1. The molecule has 1 aromatic heterocycles. The molecule has 0 saturated carbocycles. The molecule has 0 N–H and O–H groups in total. The monoisotopic (exact) mass is 306 g/mol. The van der Waals surface area contributed by atoms with E-state index in [1.807, 2.05) is 0 Å². The number of aromatic nitrogens is 1. The van der Waals surface area contributed by atoms with Crippen LogP contribution in [0.5, 0.6) is 0 Å². The third-order valence-corrected chi connectivity index (χ3v) is 5.54. The predicted molar refractivity (Wildman–Crippen MR) is 86.3 cm³/mol. The Labute approximate surface area is 133 Å². The summed E-state index contributed by atoms with van der Waals surface area (Å²) in [6, 6.07) is 2.06. The van der Waals surface area contributed by atoms with Gasteiger partial charge < -0.3 is 13.8 Å². The van der Waals surface area contributed by atoms with Crippen LogP contribution in [0.1, 0.15) is 21.7 Å². The maximum absolute atomic E-state index is 12.9. The lowest BCUT2D eigenvalue weighted by Crippen LogP contribution is -2.68. The minimum Gasteiger partial charge on any atom is -0.383 e. The number of carbonyl (C=O) groups is 1. The average Bonchev–Trinajstić information content (AvgIpc) is 2.81. The van der Waals surface area contributed by atoms with Crippen molar-refractivity contribution in [2.75, 3.05) is 59.5 Å². The van der Waals surface area contributed by atoms with Gasteiger partial charge in [0.05, 0.1) is 26.2 Å². The van der Waals surface area contributed by atoms with Crippen LogP contribution in [0.15, 0.2) is 6.07 Å². The van der Waals surface area contributed by atoms with Crippen LogP contribution in [-0.4, -0.2) is 79.3 Å². The highest BCUT2D eigenvalue weighted by Gasteiger charge is 2.40. The highest BCUT2D eigenvalue weighted by atomic mass is 16.5. The molecule has 5 heteroatoms. The number of piperazine rings is 3. The van der Waals surface area contributed by atoms with Crippen molar-refractivity contribution in [3.63, 3.8) is 0 Å². The highest BCUT2D eigenvalue weighted by molar-refractivity contribution is 5.98. The smallest absolute Gasteiger partial charge is 0.218 e. The van der Waals surface area contributed by atoms with Crippen LogP contribution >= 0.6 is 0 Å². The van der Waals surface area contributed by atoms with Gasteiger partial charge >= 0.3 is 0 Å². The molecule has 0 aliphatic carbocycles. The number of rotatable bonds is 6. The number of quaternary nitrogens is 1. The summed E-state index contributed by atoms with van der Waals surface area (Å²) in [6.07, 6.45) is 0. The van der Waals surface area contributed by atoms with Crippen LogP contribution in [-0.2, 0) is 11.3 Å². The van der Waals surface area contributed by atoms with Crippen molar-refractivity contribution in [1.82, 2.24) is 9.47 Å². The van der Waals surface area contributed by atoms with Crippen LogP contribution < -0.4 is 0 Å². The Morgan fingerprint density at radius 3 is 2.45 bits per heavy atom. The summed E-state index contributed by atoms with van der Waals surface area (Å²) >= 11 is 0. The molecule has 0 amide bonds. The van der Waals surface area contributed by atoms with E-state index < -0.39 is 0 Å². The molecule has 0 unspecified atom stereocenters. The topological polar surface area (TPSA) is 34.5 Å². The number of hydrogen-bond donors (Lipinski definition) is 0. The van der Waals surface area contributed by atoms with E-state index in [1.165, 1.54) is 0 Å². The molecule has 0 radical (unpaired) electrons. The van der Waals surface area contributed by atoms with Gasteiger partial charge in [-0.25, -0.2) is 0 Å². The van der Waals surface area contributed by atoms with Crippen molar-refractivity contribution >= 4 is 5.78 Å². The summed E-state index contributed by atoms with van der Waals surface area (Å²) in [7, 11) is 1.71. The van der Waals surface area contributed by atoms with Gasteiger partial charge in [-0.05, 0) is 19.9 Å². The van der Waals surface area contributed by atoms with E-state index in [4.69, 9.17) is 4.74 Å². The summed E-state index contributed by atoms with van der Waals surface area (Å²) in [5, 5.41) is 0. The fraction of sp³-hybridized carbons (Fsp3) is 0.706. The van der Waals surface area contributed by atoms with Gasteiger partial charge in [0.15, 0.2) is 0 Å². The van der Waals surface area contributed by atoms with Crippen molar-refractivity contribution < 1.29 is 14.0 Å². The number of hydrogen-bond acceptors (Lipinski definition) is 3. The van der Waals surface area contributed by atoms with Gasteiger partial charge in [-0.2, -0.15) is 0 Å². The molecule has 0 atom stereocenters. The van der Waals surface area contributed by atoms with E-state index in [0.29, 0.717) is 18.9 Å². The molecule has 3 saturated heterocycles. The Balaban J connectivity index is 1.75. The highest BCUT2D eigenvalue weighted by Crippen LogP contribution is 2.22. The Bertz CT molecular complexity index is 543. The minimum atomic E-state index is 0.312. The molecule has 122 valence electrons. The second kappa shape index (κ2) is 6.14. The third-order valence-electron chi connectivity index (χ3n) is 5.54. The molecule has 4 heterocycles. The van der Waals surface area contributed by atoms with Crippen molar-refractivity contribution in [3.8, 4) is 0 Å². The van der Waals surface area contributed by atoms with Gasteiger partial charge in [-0.1, -0.05) is 0 Å². The number of Topliss-reactive ketones (excluding diaryl/α,β-unsaturated/α-hetero) is 1. The molecule has 3 aliphatic rings. The van der Waals surface area contributed by atoms with Gasteiger partial charge in [-0.3, -0.25) is 9.69 Å². The lowest BCUT2D eigenvalue weighted by molar-refractivity contribution is -0.933. The van der Waals surface area contributed by atoms with E-state index >= 15 is 0 Å². The summed E-state index contributed by atoms with van der Waals surface area (Å²) in [5.41, 5.74) is 3.16. The molecule has 5 nitrogen and oxygen atoms in total. The standard InChI is InChI=1S/C17H28N3O2/c1-14-12-16(15(2)19(14)7-11-22-3)17(21)13-20-8-4-18(5-9-20)6-10-20/h12H,4-11,13H2,1-3H3/q+1. The number of fused-ring (bicyclic) bond motifs is 3. The Hall–Kier alpha value is -1.17. The normalized spacial score (nSPS) is 27.3. The van der Waals surface area contributed by atoms with Gasteiger partial charge in [-0.15, -0.1) is 0 Å². The van der Waals surface area contributed by atoms with Crippen LogP contribution in [0.3, 0.4) is 0 Å². The predicted octanol–water partition coefficient (Wildman–Crippen LogP) is 1.08. The first-order valence-corrected chi connectivity index (χ1v) is 8.31. The molecule has 3 fully saturated rings. The van der Waals surface area contributed by atoms with Crippen LogP contribution in [0, 0.1) is 13.8 Å². The lowest BCUT2D eigenvalue weighted by Gasteiger charge is -2.50. The van der Waals surface area contributed by atoms with Crippen molar-refractivity contribution in [1.29, 1.82) is 0 Å². The molecule has 0 spiro atoms. The second-order valence-electron chi connectivity index (χ2n) is 6.86. The van der Waals surface area contributed by atoms with Gasteiger partial charge in [0.2, 0.25) is 5.78 Å². The van der Waals surface area contributed by atoms with E-state index in [0.717, 1.165) is 67.2 Å². The molecule has 3 aliphatic heterocycles. The SMILES string of the molecule is COCCn1c(C)cc(C(=O)C[N+]23CCN(CC2)CC3)c1C. The maximum Gasteiger partial charge on any atom is 0.218 e. The number of nitrogens with zero attached hydrogens (tertiary/aromatic N) is 3. The number of methoxy groups -OCH3 is 1. The Morgan fingerprint density at radius 1 is 1.23 bits per heavy atom. The third kappa shape index (κ3) is 2.85. The summed E-state index contributed by atoms with van der Waals surface area (Å²) in [5.74, 6) is 0.312. The zero-order valence-electron chi connectivity index (χ0n) is 14.1. The summed E-state index contributed by atoms with van der Waals surface area (Å²) in [6.45, 7) is 13.2. The molecule has 0 aromatic carbocycles. The largest absolute Gasteiger partial charge is 0.383 e. The fourth-order valence-electron chi connectivity index (χ4n) is 3.97. The van der Waals surface area contributed by atoms with Crippen molar-refractivity contribution in [2.45, 2.75) is 20.4 Å². The van der Waals surface area contributed by atoms with Gasteiger partial charge in [0.1, 0.15) is 6.54 Å². The number of aryl methyl sites for hydroxylation is 1. The number of carbonyl (C=O) groups excluding carboxylic acids is 1. The van der Waals surface area contributed by atoms with E-state index in [9.17, 15) is 4.79 Å². The minimum absolute atomic E-state index is 0.312. The molecular formula is C17H28N3O2+. The zero-order chi connectivity index (χ0) is 15.7. The number of ketones is 1. The average molecular weight is 306 g/mol. The molecule has 22 heavy (non-hydrogen) atoms. The van der Waals surface area contributed by atoms with Crippen LogP contribution in [0.2, 0.25) is 0 Å². The first-order valence-electron chi connectivity index (χ1n) is 8.31. The molecule has 1 aromatic rings. The van der Waals surface area contributed by atoms with Gasteiger partial charge in [0, 0.05) is 50.2 Å². The van der Waals surface area contributed by atoms with E-state index in [2.05, 4.69) is 29.4 Å². The first kappa shape index (κ1) is 15.7. The van der Waals surface area contributed by atoms with Crippen LogP contribution in [0.4, 0.5) is 0 Å². The zero-order valence-corrected chi connectivity index (χ0v) is 14.1. The Morgan fingerprint density at radius 2 is 1.86 bits per heavy atom.